The first-order chi connectivity index (χ1) is 16.9. The molecule has 0 unspecified atom stereocenters. The van der Waals surface area contributed by atoms with E-state index >= 15 is 0 Å². The van der Waals surface area contributed by atoms with Gasteiger partial charge in [0.15, 0.2) is 0 Å². The van der Waals surface area contributed by atoms with Gasteiger partial charge in [0.05, 0.1) is 5.69 Å². The van der Waals surface area contributed by atoms with E-state index in [0.29, 0.717) is 0 Å². The highest BCUT2D eigenvalue weighted by Crippen LogP contribution is 2.30. The lowest BCUT2D eigenvalue weighted by Gasteiger charge is -2.36. The summed E-state index contributed by atoms with van der Waals surface area (Å²) in [5, 5.41) is 3.45. The van der Waals surface area contributed by atoms with Gasteiger partial charge in [0.2, 0.25) is 0 Å². The van der Waals surface area contributed by atoms with Gasteiger partial charge in [-0.3, -0.25) is 14.7 Å². The molecule has 0 aliphatic carbocycles. The maximum absolute atomic E-state index is 12.2. The van der Waals surface area contributed by atoms with Gasteiger partial charge in [0.1, 0.15) is 5.82 Å². The monoisotopic (exact) mass is 472 g/mol. The zero-order valence-corrected chi connectivity index (χ0v) is 21.3. The van der Waals surface area contributed by atoms with Crippen molar-refractivity contribution < 1.29 is 0 Å². The van der Waals surface area contributed by atoms with Gasteiger partial charge < -0.3 is 14.8 Å². The van der Waals surface area contributed by atoms with Gasteiger partial charge in [-0.15, -0.1) is 0 Å². The second-order valence-corrected chi connectivity index (χ2v) is 10.2. The summed E-state index contributed by atoms with van der Waals surface area (Å²) in [7, 11) is 1.81. The van der Waals surface area contributed by atoms with E-state index in [0.717, 1.165) is 80.4 Å². The minimum absolute atomic E-state index is 0.0464. The molecule has 7 nitrogen and oxygen atoms in total. The lowest BCUT2D eigenvalue weighted by atomic mass is 9.97. The molecule has 3 aromatic heterocycles. The van der Waals surface area contributed by atoms with E-state index < -0.39 is 0 Å². The van der Waals surface area contributed by atoms with Crippen LogP contribution in [0.15, 0.2) is 41.5 Å². The van der Waals surface area contributed by atoms with Crippen molar-refractivity contribution in [1.82, 2.24) is 24.8 Å². The molecule has 0 atom stereocenters. The molecule has 0 amide bonds. The number of aryl methyl sites for hydroxylation is 2. The van der Waals surface area contributed by atoms with Gasteiger partial charge in [0, 0.05) is 94.1 Å². The van der Waals surface area contributed by atoms with Gasteiger partial charge >= 0.3 is 0 Å². The molecule has 3 aromatic rings. The van der Waals surface area contributed by atoms with Crippen LogP contribution in [0.5, 0.6) is 0 Å². The highest BCUT2D eigenvalue weighted by atomic mass is 16.1. The number of hydrogen-bond acceptors (Lipinski definition) is 6. The molecule has 5 rings (SSSR count). The van der Waals surface area contributed by atoms with Gasteiger partial charge in [-0.25, -0.2) is 4.98 Å². The first-order valence-corrected chi connectivity index (χ1v) is 12.7. The standard InChI is InChI=1S/C28H36N6O/c1-19(2)27-24(23-13-20(3)28(35)32(4)18-23)5-6-26(31-27)34-11-9-33(10-12-34)17-21-14-22-16-29-8-7-25(22)30-15-21/h5-6,13-15,18-19,29H,7-12,16-17H2,1-4H3. The first kappa shape index (κ1) is 23.7. The molecule has 2 aliphatic heterocycles. The molecule has 2 aliphatic rings. The zero-order chi connectivity index (χ0) is 24.5. The largest absolute Gasteiger partial charge is 0.354 e. The molecule has 7 heteroatoms. The van der Waals surface area contributed by atoms with E-state index in [1.165, 1.54) is 16.8 Å². The van der Waals surface area contributed by atoms with Crippen LogP contribution >= 0.6 is 0 Å². The summed E-state index contributed by atoms with van der Waals surface area (Å²) in [5.74, 6) is 1.33. The predicted molar refractivity (Wildman–Crippen MR) is 141 cm³/mol. The minimum atomic E-state index is 0.0464. The summed E-state index contributed by atoms with van der Waals surface area (Å²) in [5.41, 5.74) is 7.94. The van der Waals surface area contributed by atoms with E-state index in [2.05, 4.69) is 53.4 Å². The molecule has 0 radical (unpaired) electrons. The van der Waals surface area contributed by atoms with E-state index in [1.54, 1.807) is 4.57 Å². The number of rotatable bonds is 5. The first-order valence-electron chi connectivity index (χ1n) is 12.7. The molecule has 184 valence electrons. The fourth-order valence-corrected chi connectivity index (χ4v) is 5.23. The van der Waals surface area contributed by atoms with E-state index in [-0.39, 0.29) is 11.5 Å². The SMILES string of the molecule is Cc1cc(-c2ccc(N3CCN(Cc4cnc5c(c4)CNCC5)CC3)nc2C(C)C)cn(C)c1=O. The summed E-state index contributed by atoms with van der Waals surface area (Å²) in [4.78, 5) is 26.9. The Kier molecular flexibility index (Phi) is 6.71. The van der Waals surface area contributed by atoms with Gasteiger partial charge in [-0.2, -0.15) is 0 Å². The molecule has 1 saturated heterocycles. The summed E-state index contributed by atoms with van der Waals surface area (Å²) in [6.07, 6.45) is 5.01. The number of nitrogens with zero attached hydrogens (tertiary/aromatic N) is 5. The van der Waals surface area contributed by atoms with Crippen LogP contribution in [-0.2, 0) is 26.6 Å². The number of pyridine rings is 3. The van der Waals surface area contributed by atoms with E-state index in [4.69, 9.17) is 9.97 Å². The van der Waals surface area contributed by atoms with Crippen LogP contribution < -0.4 is 15.8 Å². The van der Waals surface area contributed by atoms with Crippen molar-refractivity contribution in [2.45, 2.75) is 46.2 Å². The Bertz CT molecular complexity index is 1250. The molecule has 0 spiro atoms. The topological polar surface area (TPSA) is 66.3 Å². The van der Waals surface area contributed by atoms with Crippen molar-refractivity contribution in [3.8, 4) is 11.1 Å². The van der Waals surface area contributed by atoms with Crippen molar-refractivity contribution >= 4 is 5.82 Å². The Hall–Kier alpha value is -3.03. The summed E-state index contributed by atoms with van der Waals surface area (Å²) in [6, 6.07) is 8.63. The van der Waals surface area contributed by atoms with Gasteiger partial charge in [-0.05, 0) is 48.2 Å². The molecule has 0 aromatic carbocycles. The van der Waals surface area contributed by atoms with Gasteiger partial charge in [-0.1, -0.05) is 13.8 Å². The van der Waals surface area contributed by atoms with Crippen molar-refractivity contribution in [3.05, 3.63) is 75.1 Å². The minimum Gasteiger partial charge on any atom is -0.354 e. The number of hydrogen-bond donors (Lipinski definition) is 1. The fraction of sp³-hybridized carbons (Fsp3) is 0.464. The van der Waals surface area contributed by atoms with Crippen LogP contribution in [0.25, 0.3) is 11.1 Å². The summed E-state index contributed by atoms with van der Waals surface area (Å²) >= 11 is 0. The Morgan fingerprint density at radius 1 is 1.11 bits per heavy atom. The number of fused-ring (bicyclic) bond motifs is 1. The smallest absolute Gasteiger partial charge is 0.253 e. The molecular formula is C28H36N6O. The molecule has 0 bridgehead atoms. The van der Waals surface area contributed by atoms with Crippen LogP contribution in [0.2, 0.25) is 0 Å². The quantitative estimate of drug-likeness (QED) is 0.615. The normalized spacial score (nSPS) is 16.5. The predicted octanol–water partition coefficient (Wildman–Crippen LogP) is 3.24. The molecule has 35 heavy (non-hydrogen) atoms. The van der Waals surface area contributed by atoms with E-state index in [1.807, 2.05) is 26.2 Å². The number of piperazine rings is 1. The molecule has 1 N–H and O–H groups in total. The zero-order valence-electron chi connectivity index (χ0n) is 21.3. The maximum atomic E-state index is 12.2. The van der Waals surface area contributed by atoms with E-state index in [9.17, 15) is 4.79 Å². The second kappa shape index (κ2) is 9.91. The Labute approximate surface area is 207 Å². The lowest BCUT2D eigenvalue weighted by Crippen LogP contribution is -2.46. The van der Waals surface area contributed by atoms with Crippen LogP contribution in [0.3, 0.4) is 0 Å². The highest BCUT2D eigenvalue weighted by molar-refractivity contribution is 5.68. The Morgan fingerprint density at radius 3 is 2.66 bits per heavy atom. The maximum Gasteiger partial charge on any atom is 0.253 e. The Morgan fingerprint density at radius 2 is 1.91 bits per heavy atom. The molecule has 1 fully saturated rings. The van der Waals surface area contributed by atoms with Gasteiger partial charge in [0.25, 0.3) is 5.56 Å². The molecule has 0 saturated carbocycles. The summed E-state index contributed by atoms with van der Waals surface area (Å²) < 4.78 is 1.66. The third-order valence-corrected chi connectivity index (χ3v) is 7.20. The third kappa shape index (κ3) is 5.02. The van der Waals surface area contributed by atoms with Crippen molar-refractivity contribution in [1.29, 1.82) is 0 Å². The highest BCUT2D eigenvalue weighted by Gasteiger charge is 2.21. The average Bonchev–Trinajstić information content (AvgIpc) is 2.87. The van der Waals surface area contributed by atoms with Crippen molar-refractivity contribution in [2.24, 2.45) is 7.05 Å². The number of aromatic nitrogens is 3. The molecule has 5 heterocycles. The summed E-state index contributed by atoms with van der Waals surface area (Å²) in [6.45, 7) is 13.1. The fourth-order valence-electron chi connectivity index (χ4n) is 5.23. The van der Waals surface area contributed by atoms with Crippen LogP contribution in [-0.4, -0.2) is 52.2 Å². The van der Waals surface area contributed by atoms with Crippen molar-refractivity contribution in [2.75, 3.05) is 37.6 Å². The Balaban J connectivity index is 1.29. The van der Waals surface area contributed by atoms with Crippen molar-refractivity contribution in [3.63, 3.8) is 0 Å². The number of anilines is 1. The molecular weight excluding hydrogens is 436 g/mol. The average molecular weight is 473 g/mol. The number of nitrogens with one attached hydrogen (secondary N) is 1. The van der Waals surface area contributed by atoms with Crippen LogP contribution in [0.1, 0.15) is 47.8 Å². The third-order valence-electron chi connectivity index (χ3n) is 7.20. The second-order valence-electron chi connectivity index (χ2n) is 10.2. The lowest BCUT2D eigenvalue weighted by molar-refractivity contribution is 0.249. The van der Waals surface area contributed by atoms with Crippen LogP contribution in [0, 0.1) is 6.92 Å². The van der Waals surface area contributed by atoms with Crippen LogP contribution in [0.4, 0.5) is 5.82 Å².